The van der Waals surface area contributed by atoms with Crippen molar-refractivity contribution in [3.8, 4) is 23.0 Å². The lowest BCUT2D eigenvalue weighted by molar-refractivity contribution is 0.354. The van der Waals surface area contributed by atoms with Crippen molar-refractivity contribution >= 4 is 29.7 Å². The van der Waals surface area contributed by atoms with Crippen LogP contribution in [0.3, 0.4) is 0 Å². The van der Waals surface area contributed by atoms with E-state index in [-0.39, 0.29) is 12.4 Å². The number of aryl methyl sites for hydroxylation is 1. The zero-order chi connectivity index (χ0) is 20.1. The first-order valence-electron chi connectivity index (χ1n) is 9.23. The minimum absolute atomic E-state index is 0. The van der Waals surface area contributed by atoms with Gasteiger partial charge in [0, 0.05) is 30.1 Å². The van der Waals surface area contributed by atoms with Gasteiger partial charge in [0.05, 0.1) is 28.4 Å². The average molecular weight is 440 g/mol. The first kappa shape index (κ1) is 23.2. The smallest absolute Gasteiger partial charge is 0.161 e. The Bertz CT molecular complexity index is 884. The minimum Gasteiger partial charge on any atom is -0.493 e. The largest absolute Gasteiger partial charge is 0.493 e. The minimum atomic E-state index is 0. The van der Waals surface area contributed by atoms with Gasteiger partial charge < -0.3 is 18.9 Å². The Morgan fingerprint density at radius 3 is 1.97 bits per heavy atom. The monoisotopic (exact) mass is 439 g/mol. The Hall–Kier alpha value is -2.11. The predicted molar refractivity (Wildman–Crippen MR) is 120 cm³/mol. The normalized spacial score (nSPS) is 12.4. The van der Waals surface area contributed by atoms with Crippen LogP contribution in [0.15, 0.2) is 29.3 Å². The van der Waals surface area contributed by atoms with Crippen molar-refractivity contribution in [2.45, 2.75) is 19.3 Å². The highest BCUT2D eigenvalue weighted by molar-refractivity contribution is 6.18. The molecule has 0 saturated heterocycles. The second-order valence-corrected chi connectivity index (χ2v) is 6.91. The van der Waals surface area contributed by atoms with E-state index in [0.717, 1.165) is 47.5 Å². The lowest BCUT2D eigenvalue weighted by Gasteiger charge is -2.21. The standard InChI is InChI=1S/C22H26ClNO4.ClH/c1-25-19-10-14(5-7-23)16(12-21(19)27-3)9-18-17-13-22(28-4)20(26-2)11-15(17)6-8-24-18;/h10-13H,5-9H2,1-4H3;1H. The van der Waals surface area contributed by atoms with Gasteiger partial charge in [-0.2, -0.15) is 0 Å². The summed E-state index contributed by atoms with van der Waals surface area (Å²) in [4.78, 5) is 4.81. The van der Waals surface area contributed by atoms with Gasteiger partial charge in [-0.05, 0) is 53.8 Å². The number of halogens is 2. The summed E-state index contributed by atoms with van der Waals surface area (Å²) in [5.74, 6) is 3.42. The summed E-state index contributed by atoms with van der Waals surface area (Å²) in [6.07, 6.45) is 2.33. The van der Waals surface area contributed by atoms with Gasteiger partial charge in [-0.15, -0.1) is 24.0 Å². The fourth-order valence-corrected chi connectivity index (χ4v) is 3.79. The van der Waals surface area contributed by atoms with E-state index in [1.165, 1.54) is 5.56 Å². The number of benzene rings is 2. The lowest BCUT2D eigenvalue weighted by atomic mass is 9.91. The van der Waals surface area contributed by atoms with E-state index in [0.29, 0.717) is 29.5 Å². The van der Waals surface area contributed by atoms with Crippen LogP contribution in [0.2, 0.25) is 0 Å². The molecule has 7 heteroatoms. The van der Waals surface area contributed by atoms with Crippen molar-refractivity contribution in [1.82, 2.24) is 0 Å². The summed E-state index contributed by atoms with van der Waals surface area (Å²) in [5.41, 5.74) is 5.64. The predicted octanol–water partition coefficient (Wildman–Crippen LogP) is 4.51. The number of hydrogen-bond acceptors (Lipinski definition) is 5. The van der Waals surface area contributed by atoms with Crippen LogP contribution in [-0.2, 0) is 19.3 Å². The molecule has 1 aliphatic heterocycles. The van der Waals surface area contributed by atoms with E-state index in [9.17, 15) is 0 Å². The fourth-order valence-electron chi connectivity index (χ4n) is 3.59. The molecule has 0 spiro atoms. The highest BCUT2D eigenvalue weighted by atomic mass is 35.5. The van der Waals surface area contributed by atoms with Gasteiger partial charge in [0.2, 0.25) is 0 Å². The van der Waals surface area contributed by atoms with E-state index in [1.54, 1.807) is 28.4 Å². The van der Waals surface area contributed by atoms with E-state index >= 15 is 0 Å². The number of alkyl halides is 1. The molecule has 0 aromatic heterocycles. The molecule has 0 unspecified atom stereocenters. The van der Waals surface area contributed by atoms with Gasteiger partial charge in [0.25, 0.3) is 0 Å². The molecule has 0 fully saturated rings. The summed E-state index contributed by atoms with van der Waals surface area (Å²) in [7, 11) is 6.59. The van der Waals surface area contributed by atoms with E-state index in [2.05, 4.69) is 6.07 Å². The Morgan fingerprint density at radius 2 is 1.38 bits per heavy atom. The third-order valence-corrected chi connectivity index (χ3v) is 5.22. The first-order valence-corrected chi connectivity index (χ1v) is 9.76. The molecule has 0 atom stereocenters. The van der Waals surface area contributed by atoms with Crippen LogP contribution in [0, 0.1) is 0 Å². The first-order chi connectivity index (χ1) is 13.6. The van der Waals surface area contributed by atoms with Gasteiger partial charge in [-0.1, -0.05) is 0 Å². The maximum atomic E-state index is 6.04. The van der Waals surface area contributed by atoms with Crippen LogP contribution in [0.4, 0.5) is 0 Å². The molecular formula is C22H27Cl2NO4. The second kappa shape index (κ2) is 10.6. The maximum absolute atomic E-state index is 6.04. The number of aliphatic imine (C=N–C) groups is 1. The highest BCUT2D eigenvalue weighted by Gasteiger charge is 2.20. The number of rotatable bonds is 8. The number of hydrogen-bond donors (Lipinski definition) is 0. The van der Waals surface area contributed by atoms with Crippen LogP contribution in [0.25, 0.3) is 0 Å². The summed E-state index contributed by atoms with van der Waals surface area (Å²) in [6, 6.07) is 8.11. The zero-order valence-corrected chi connectivity index (χ0v) is 18.8. The SMILES string of the molecule is COc1cc(CCCl)c(CC2=NCCc3cc(OC)c(OC)cc32)cc1OC.Cl. The van der Waals surface area contributed by atoms with Crippen molar-refractivity contribution in [2.75, 3.05) is 40.9 Å². The van der Waals surface area contributed by atoms with Crippen LogP contribution in [0.1, 0.15) is 22.3 Å². The molecule has 0 saturated carbocycles. The van der Waals surface area contributed by atoms with E-state index in [1.807, 2.05) is 18.2 Å². The quantitative estimate of drug-likeness (QED) is 0.567. The summed E-state index contributed by atoms with van der Waals surface area (Å²) >= 11 is 6.04. The van der Waals surface area contributed by atoms with Crippen LogP contribution in [0.5, 0.6) is 23.0 Å². The van der Waals surface area contributed by atoms with Crippen molar-refractivity contribution in [3.63, 3.8) is 0 Å². The van der Waals surface area contributed by atoms with Crippen molar-refractivity contribution in [2.24, 2.45) is 4.99 Å². The third-order valence-electron chi connectivity index (χ3n) is 5.03. The Kier molecular flexibility index (Phi) is 8.47. The summed E-state index contributed by atoms with van der Waals surface area (Å²) < 4.78 is 21.9. The summed E-state index contributed by atoms with van der Waals surface area (Å²) in [6.45, 7) is 0.760. The molecule has 0 radical (unpaired) electrons. The molecule has 2 aromatic carbocycles. The Labute approximate surface area is 183 Å². The van der Waals surface area contributed by atoms with Gasteiger partial charge in [-0.3, -0.25) is 4.99 Å². The molecule has 1 aliphatic rings. The second-order valence-electron chi connectivity index (χ2n) is 6.53. The molecule has 1 heterocycles. The highest BCUT2D eigenvalue weighted by Crippen LogP contribution is 2.35. The molecule has 0 aliphatic carbocycles. The number of methoxy groups -OCH3 is 4. The molecule has 158 valence electrons. The van der Waals surface area contributed by atoms with Gasteiger partial charge in [0.15, 0.2) is 23.0 Å². The zero-order valence-electron chi connectivity index (χ0n) is 17.2. The Balaban J connectivity index is 0.00000300. The van der Waals surface area contributed by atoms with Crippen LogP contribution >= 0.6 is 24.0 Å². The number of fused-ring (bicyclic) bond motifs is 1. The molecule has 3 rings (SSSR count). The average Bonchev–Trinajstić information content (AvgIpc) is 2.73. The molecule has 2 aromatic rings. The van der Waals surface area contributed by atoms with Crippen molar-refractivity contribution in [3.05, 3.63) is 46.5 Å². The number of ether oxygens (including phenoxy) is 4. The molecule has 0 N–H and O–H groups in total. The molecule has 0 amide bonds. The molecule has 29 heavy (non-hydrogen) atoms. The van der Waals surface area contributed by atoms with E-state index < -0.39 is 0 Å². The third kappa shape index (κ3) is 4.90. The van der Waals surface area contributed by atoms with Crippen molar-refractivity contribution < 1.29 is 18.9 Å². The fraction of sp³-hybridized carbons (Fsp3) is 0.409. The molecular weight excluding hydrogens is 413 g/mol. The van der Waals surface area contributed by atoms with Gasteiger partial charge >= 0.3 is 0 Å². The molecule has 0 bridgehead atoms. The van der Waals surface area contributed by atoms with Crippen molar-refractivity contribution in [1.29, 1.82) is 0 Å². The Morgan fingerprint density at radius 1 is 0.828 bits per heavy atom. The van der Waals surface area contributed by atoms with E-state index in [4.69, 9.17) is 35.5 Å². The molecule has 5 nitrogen and oxygen atoms in total. The maximum Gasteiger partial charge on any atom is 0.161 e. The van der Waals surface area contributed by atoms with Gasteiger partial charge in [-0.25, -0.2) is 0 Å². The van der Waals surface area contributed by atoms with Crippen LogP contribution in [-0.4, -0.2) is 46.6 Å². The topological polar surface area (TPSA) is 49.3 Å². The number of nitrogens with zero attached hydrogens (tertiary/aromatic N) is 1. The lowest BCUT2D eigenvalue weighted by Crippen LogP contribution is -2.17. The van der Waals surface area contributed by atoms with Gasteiger partial charge in [0.1, 0.15) is 0 Å². The summed E-state index contributed by atoms with van der Waals surface area (Å²) in [5, 5.41) is 0. The van der Waals surface area contributed by atoms with Crippen LogP contribution < -0.4 is 18.9 Å².